The number of anilines is 2. The fourth-order valence-electron chi connectivity index (χ4n) is 1.61. The van der Waals surface area contributed by atoms with Crippen LogP contribution < -0.4 is 11.1 Å². The molecule has 2 aromatic carbocycles. The molecule has 0 saturated carbocycles. The summed E-state index contributed by atoms with van der Waals surface area (Å²) in [5, 5.41) is 3.43. The molecule has 0 aliphatic heterocycles. The smallest absolute Gasteiger partial charge is 0.255 e. The highest BCUT2D eigenvalue weighted by molar-refractivity contribution is 6.31. The van der Waals surface area contributed by atoms with Crippen LogP contribution in [0.15, 0.2) is 42.5 Å². The molecule has 0 spiro atoms. The average Bonchev–Trinajstić information content (AvgIpc) is 2.32. The van der Waals surface area contributed by atoms with Crippen molar-refractivity contribution in [3.05, 3.63) is 58.6 Å². The Labute approximate surface area is 111 Å². The molecule has 2 aromatic rings. The van der Waals surface area contributed by atoms with Crippen molar-refractivity contribution in [1.29, 1.82) is 0 Å². The third-order valence-electron chi connectivity index (χ3n) is 2.56. The van der Waals surface area contributed by atoms with Gasteiger partial charge in [-0.3, -0.25) is 4.79 Å². The van der Waals surface area contributed by atoms with Crippen LogP contribution in [-0.4, -0.2) is 5.91 Å². The zero-order chi connectivity index (χ0) is 13.1. The Morgan fingerprint density at radius 1 is 1.22 bits per heavy atom. The number of carbonyl (C=O) groups excluding carboxylic acids is 1. The van der Waals surface area contributed by atoms with Crippen molar-refractivity contribution in [2.75, 3.05) is 11.1 Å². The Kier molecular flexibility index (Phi) is 3.53. The van der Waals surface area contributed by atoms with E-state index < -0.39 is 0 Å². The molecule has 4 heteroatoms. The maximum absolute atomic E-state index is 12.0. The second-order valence-electron chi connectivity index (χ2n) is 4.04. The predicted octanol–water partition coefficient (Wildman–Crippen LogP) is 3.48. The quantitative estimate of drug-likeness (QED) is 0.812. The first kappa shape index (κ1) is 12.5. The van der Waals surface area contributed by atoms with E-state index in [9.17, 15) is 4.79 Å². The van der Waals surface area contributed by atoms with Gasteiger partial charge in [-0.1, -0.05) is 17.7 Å². The van der Waals surface area contributed by atoms with Gasteiger partial charge in [0.2, 0.25) is 0 Å². The van der Waals surface area contributed by atoms with Crippen LogP contribution in [0, 0.1) is 6.92 Å². The number of nitrogen functional groups attached to an aromatic ring is 1. The second kappa shape index (κ2) is 5.10. The summed E-state index contributed by atoms with van der Waals surface area (Å²) < 4.78 is 0. The lowest BCUT2D eigenvalue weighted by atomic mass is 10.1. The van der Waals surface area contributed by atoms with Crippen molar-refractivity contribution in [3.8, 4) is 0 Å². The molecular weight excluding hydrogens is 248 g/mol. The number of hydrogen-bond acceptors (Lipinski definition) is 2. The van der Waals surface area contributed by atoms with Gasteiger partial charge in [-0.2, -0.15) is 0 Å². The molecule has 0 bridgehead atoms. The van der Waals surface area contributed by atoms with Crippen LogP contribution in [0.25, 0.3) is 0 Å². The van der Waals surface area contributed by atoms with Crippen molar-refractivity contribution < 1.29 is 4.79 Å². The molecule has 18 heavy (non-hydrogen) atoms. The molecular formula is C14H13ClN2O. The third kappa shape index (κ3) is 2.81. The minimum absolute atomic E-state index is 0.180. The van der Waals surface area contributed by atoms with Gasteiger partial charge in [0.25, 0.3) is 5.91 Å². The van der Waals surface area contributed by atoms with E-state index >= 15 is 0 Å². The minimum atomic E-state index is -0.180. The lowest BCUT2D eigenvalue weighted by Gasteiger charge is -2.07. The number of aryl methyl sites for hydroxylation is 1. The molecule has 0 unspecified atom stereocenters. The highest BCUT2D eigenvalue weighted by Gasteiger charge is 2.07. The maximum atomic E-state index is 12.0. The number of halogens is 1. The summed E-state index contributed by atoms with van der Waals surface area (Å²) in [4.78, 5) is 12.0. The summed E-state index contributed by atoms with van der Waals surface area (Å²) in [6, 6.07) is 12.2. The number of rotatable bonds is 2. The number of amides is 1. The summed E-state index contributed by atoms with van der Waals surface area (Å²) in [6.07, 6.45) is 0. The van der Waals surface area contributed by atoms with Gasteiger partial charge in [-0.25, -0.2) is 0 Å². The van der Waals surface area contributed by atoms with E-state index in [0.717, 1.165) is 5.56 Å². The average molecular weight is 261 g/mol. The third-order valence-corrected chi connectivity index (χ3v) is 2.99. The normalized spacial score (nSPS) is 10.1. The first-order valence-corrected chi connectivity index (χ1v) is 5.87. The SMILES string of the molecule is Cc1cc(C(=O)Nc2cccc(N)c2)ccc1Cl. The molecule has 0 saturated heterocycles. The van der Waals surface area contributed by atoms with Crippen molar-refractivity contribution in [3.63, 3.8) is 0 Å². The molecule has 92 valence electrons. The Morgan fingerprint density at radius 2 is 2.00 bits per heavy atom. The molecule has 3 N–H and O–H groups in total. The van der Waals surface area contributed by atoms with Gasteiger partial charge in [0.15, 0.2) is 0 Å². The summed E-state index contributed by atoms with van der Waals surface area (Å²) >= 11 is 5.92. The molecule has 0 aliphatic carbocycles. The molecule has 0 aliphatic rings. The van der Waals surface area contributed by atoms with E-state index in [4.69, 9.17) is 17.3 Å². The van der Waals surface area contributed by atoms with Gasteiger partial charge in [0, 0.05) is 22.0 Å². The summed E-state index contributed by atoms with van der Waals surface area (Å²) in [5.74, 6) is -0.180. The Hall–Kier alpha value is -2.00. The van der Waals surface area contributed by atoms with E-state index in [1.807, 2.05) is 6.92 Å². The van der Waals surface area contributed by atoms with E-state index in [1.165, 1.54) is 0 Å². The van der Waals surface area contributed by atoms with Crippen LogP contribution in [0.5, 0.6) is 0 Å². The molecule has 0 heterocycles. The van der Waals surface area contributed by atoms with Crippen LogP contribution in [-0.2, 0) is 0 Å². The largest absolute Gasteiger partial charge is 0.399 e. The molecule has 0 fully saturated rings. The zero-order valence-corrected chi connectivity index (χ0v) is 10.7. The van der Waals surface area contributed by atoms with Gasteiger partial charge in [0.1, 0.15) is 0 Å². The van der Waals surface area contributed by atoms with Crippen molar-refractivity contribution in [2.24, 2.45) is 0 Å². The van der Waals surface area contributed by atoms with Crippen LogP contribution in [0.4, 0.5) is 11.4 Å². The Balaban J connectivity index is 2.19. The lowest BCUT2D eigenvalue weighted by molar-refractivity contribution is 0.102. The van der Waals surface area contributed by atoms with E-state index in [1.54, 1.807) is 42.5 Å². The minimum Gasteiger partial charge on any atom is -0.399 e. The van der Waals surface area contributed by atoms with Crippen molar-refractivity contribution in [1.82, 2.24) is 0 Å². The monoisotopic (exact) mass is 260 g/mol. The maximum Gasteiger partial charge on any atom is 0.255 e. The number of nitrogens with one attached hydrogen (secondary N) is 1. The van der Waals surface area contributed by atoms with Crippen molar-refractivity contribution in [2.45, 2.75) is 6.92 Å². The summed E-state index contributed by atoms with van der Waals surface area (Å²) in [6.45, 7) is 1.86. The van der Waals surface area contributed by atoms with E-state index in [2.05, 4.69) is 5.32 Å². The standard InChI is InChI=1S/C14H13ClN2O/c1-9-7-10(5-6-13(9)15)14(18)17-12-4-2-3-11(16)8-12/h2-8H,16H2,1H3,(H,17,18). The number of carbonyl (C=O) groups is 1. The molecule has 0 aromatic heterocycles. The van der Waals surface area contributed by atoms with E-state index in [-0.39, 0.29) is 5.91 Å². The first-order chi connectivity index (χ1) is 8.56. The highest BCUT2D eigenvalue weighted by Crippen LogP contribution is 2.18. The predicted molar refractivity (Wildman–Crippen MR) is 75.0 cm³/mol. The summed E-state index contributed by atoms with van der Waals surface area (Å²) in [7, 11) is 0. The van der Waals surface area contributed by atoms with Gasteiger partial charge in [0.05, 0.1) is 0 Å². The lowest BCUT2D eigenvalue weighted by Crippen LogP contribution is -2.12. The fourth-order valence-corrected chi connectivity index (χ4v) is 1.72. The van der Waals surface area contributed by atoms with Crippen LogP contribution >= 0.6 is 11.6 Å². The Bertz CT molecular complexity index is 596. The summed E-state index contributed by atoms with van der Waals surface area (Å²) in [5.41, 5.74) is 8.37. The topological polar surface area (TPSA) is 55.1 Å². The molecule has 0 atom stereocenters. The van der Waals surface area contributed by atoms with Crippen molar-refractivity contribution >= 4 is 28.9 Å². The molecule has 2 rings (SSSR count). The van der Waals surface area contributed by atoms with Gasteiger partial charge >= 0.3 is 0 Å². The zero-order valence-electron chi connectivity index (χ0n) is 9.91. The van der Waals surface area contributed by atoms with E-state index in [0.29, 0.717) is 22.0 Å². The van der Waals surface area contributed by atoms with Gasteiger partial charge in [-0.15, -0.1) is 0 Å². The molecule has 1 amide bonds. The van der Waals surface area contributed by atoms with Crippen LogP contribution in [0.3, 0.4) is 0 Å². The van der Waals surface area contributed by atoms with Crippen LogP contribution in [0.2, 0.25) is 5.02 Å². The number of hydrogen-bond donors (Lipinski definition) is 2. The number of nitrogens with two attached hydrogens (primary N) is 1. The van der Waals surface area contributed by atoms with Crippen LogP contribution in [0.1, 0.15) is 15.9 Å². The van der Waals surface area contributed by atoms with Gasteiger partial charge in [-0.05, 0) is 48.9 Å². The first-order valence-electron chi connectivity index (χ1n) is 5.49. The second-order valence-corrected chi connectivity index (χ2v) is 4.45. The molecule has 3 nitrogen and oxygen atoms in total. The number of benzene rings is 2. The Morgan fingerprint density at radius 3 is 2.67 bits per heavy atom. The van der Waals surface area contributed by atoms with Gasteiger partial charge < -0.3 is 11.1 Å². The highest BCUT2D eigenvalue weighted by atomic mass is 35.5. The fraction of sp³-hybridized carbons (Fsp3) is 0.0714. The molecule has 0 radical (unpaired) electrons.